The van der Waals surface area contributed by atoms with Crippen molar-refractivity contribution in [1.29, 1.82) is 5.26 Å². The van der Waals surface area contributed by atoms with Crippen LogP contribution in [-0.4, -0.2) is 5.91 Å². The minimum atomic E-state index is -0.255. The first kappa shape index (κ1) is 14.1. The summed E-state index contributed by atoms with van der Waals surface area (Å²) >= 11 is 5.86. The van der Waals surface area contributed by atoms with Crippen molar-refractivity contribution < 1.29 is 4.79 Å². The van der Waals surface area contributed by atoms with Crippen LogP contribution in [0.2, 0.25) is 5.02 Å². The Kier molecular flexibility index (Phi) is 4.75. The van der Waals surface area contributed by atoms with Crippen molar-refractivity contribution in [3.05, 3.63) is 59.1 Å². The van der Waals surface area contributed by atoms with Gasteiger partial charge in [-0.15, -0.1) is 0 Å². The topological polar surface area (TPSA) is 52.9 Å². The van der Waals surface area contributed by atoms with Crippen molar-refractivity contribution >= 4 is 17.5 Å². The van der Waals surface area contributed by atoms with Gasteiger partial charge in [-0.2, -0.15) is 5.26 Å². The van der Waals surface area contributed by atoms with E-state index in [2.05, 4.69) is 5.32 Å². The van der Waals surface area contributed by atoms with Gasteiger partial charge < -0.3 is 5.32 Å². The summed E-state index contributed by atoms with van der Waals surface area (Å²) in [4.78, 5) is 11.2. The highest BCUT2D eigenvalue weighted by molar-refractivity contribution is 6.30. The summed E-state index contributed by atoms with van der Waals surface area (Å²) in [7, 11) is 0. The number of hydrogen-bond donors (Lipinski definition) is 1. The van der Waals surface area contributed by atoms with E-state index in [9.17, 15) is 4.79 Å². The fraction of sp³-hybridized carbons (Fsp3) is 0.125. The average molecular weight is 285 g/mol. The van der Waals surface area contributed by atoms with E-state index in [1.54, 1.807) is 0 Å². The molecule has 0 saturated carbocycles. The third kappa shape index (κ3) is 3.84. The van der Waals surface area contributed by atoms with Crippen molar-refractivity contribution in [2.24, 2.45) is 0 Å². The van der Waals surface area contributed by atoms with Gasteiger partial charge in [0.05, 0.1) is 6.07 Å². The van der Waals surface area contributed by atoms with Crippen molar-refractivity contribution in [3.8, 4) is 17.2 Å². The van der Waals surface area contributed by atoms with Crippen LogP contribution < -0.4 is 5.32 Å². The minimum absolute atomic E-state index is 0.108. The number of benzene rings is 2. The van der Waals surface area contributed by atoms with Crippen molar-refractivity contribution in [2.75, 3.05) is 0 Å². The Labute approximate surface area is 122 Å². The first-order chi connectivity index (χ1) is 9.69. The molecule has 3 nitrogen and oxygen atoms in total. The number of rotatable bonds is 4. The van der Waals surface area contributed by atoms with E-state index < -0.39 is 0 Å². The maximum absolute atomic E-state index is 11.2. The minimum Gasteiger partial charge on any atom is -0.351 e. The highest BCUT2D eigenvalue weighted by Crippen LogP contribution is 2.21. The maximum Gasteiger partial charge on any atom is 0.234 e. The number of nitriles is 1. The lowest BCUT2D eigenvalue weighted by atomic mass is 10.0. The van der Waals surface area contributed by atoms with Crippen LogP contribution in [0.5, 0.6) is 0 Å². The molecule has 0 radical (unpaired) electrons. The van der Waals surface area contributed by atoms with Crippen LogP contribution >= 0.6 is 11.6 Å². The van der Waals surface area contributed by atoms with Gasteiger partial charge in [-0.1, -0.05) is 48.0 Å². The number of amides is 1. The monoisotopic (exact) mass is 284 g/mol. The first-order valence-corrected chi connectivity index (χ1v) is 6.55. The molecule has 20 heavy (non-hydrogen) atoms. The Morgan fingerprint density at radius 1 is 1.05 bits per heavy atom. The second-order valence-corrected chi connectivity index (χ2v) is 4.75. The van der Waals surface area contributed by atoms with E-state index in [0.717, 1.165) is 16.7 Å². The number of nitrogens with zero attached hydrogens (tertiary/aromatic N) is 1. The third-order valence-corrected chi connectivity index (χ3v) is 3.11. The highest BCUT2D eigenvalue weighted by Gasteiger charge is 2.01. The lowest BCUT2D eigenvalue weighted by Gasteiger charge is -2.06. The van der Waals surface area contributed by atoms with Gasteiger partial charge in [0.15, 0.2) is 0 Å². The van der Waals surface area contributed by atoms with Gasteiger partial charge in [0.2, 0.25) is 5.91 Å². The molecular formula is C16H13ClN2O. The zero-order valence-corrected chi connectivity index (χ0v) is 11.5. The second-order valence-electron chi connectivity index (χ2n) is 4.32. The molecule has 0 fully saturated rings. The molecular weight excluding hydrogens is 272 g/mol. The van der Waals surface area contributed by atoms with E-state index >= 15 is 0 Å². The van der Waals surface area contributed by atoms with Crippen molar-refractivity contribution in [2.45, 2.75) is 13.0 Å². The Hall–Kier alpha value is -2.31. The van der Waals surface area contributed by atoms with Crippen LogP contribution in [0.15, 0.2) is 48.5 Å². The van der Waals surface area contributed by atoms with Gasteiger partial charge in [-0.3, -0.25) is 4.79 Å². The SMILES string of the molecule is N#CCC(=O)NCc1ccc(-c2ccc(Cl)cc2)cc1. The van der Waals surface area contributed by atoms with Gasteiger partial charge in [-0.25, -0.2) is 0 Å². The predicted octanol–water partition coefficient (Wildman–Crippen LogP) is 3.54. The molecule has 0 unspecified atom stereocenters. The maximum atomic E-state index is 11.2. The van der Waals surface area contributed by atoms with E-state index in [0.29, 0.717) is 11.6 Å². The fourth-order valence-corrected chi connectivity index (χ4v) is 1.92. The summed E-state index contributed by atoms with van der Waals surface area (Å²) in [5, 5.41) is 11.8. The second kappa shape index (κ2) is 6.74. The molecule has 0 bridgehead atoms. The number of halogens is 1. The molecule has 0 aromatic heterocycles. The molecule has 0 saturated heterocycles. The van der Waals surface area contributed by atoms with Gasteiger partial charge in [0.1, 0.15) is 6.42 Å². The molecule has 2 aromatic rings. The van der Waals surface area contributed by atoms with Crippen LogP contribution in [0.25, 0.3) is 11.1 Å². The van der Waals surface area contributed by atoms with Gasteiger partial charge >= 0.3 is 0 Å². The standard InChI is InChI=1S/C16H13ClN2O/c17-15-7-5-14(6-8-15)13-3-1-12(2-4-13)11-19-16(20)9-10-18/h1-8H,9,11H2,(H,19,20). The van der Waals surface area contributed by atoms with Crippen LogP contribution in [0.1, 0.15) is 12.0 Å². The van der Waals surface area contributed by atoms with E-state index in [4.69, 9.17) is 16.9 Å². The molecule has 100 valence electrons. The lowest BCUT2D eigenvalue weighted by molar-refractivity contribution is -0.120. The molecule has 0 aliphatic carbocycles. The quantitative estimate of drug-likeness (QED) is 0.933. The molecule has 2 rings (SSSR count). The smallest absolute Gasteiger partial charge is 0.234 e. The largest absolute Gasteiger partial charge is 0.351 e. The Bertz CT molecular complexity index is 627. The molecule has 2 aromatic carbocycles. The van der Waals surface area contributed by atoms with Gasteiger partial charge in [0.25, 0.3) is 0 Å². The Morgan fingerprint density at radius 2 is 1.60 bits per heavy atom. The fourth-order valence-electron chi connectivity index (χ4n) is 1.79. The number of nitrogens with one attached hydrogen (secondary N) is 1. The zero-order valence-electron chi connectivity index (χ0n) is 10.8. The van der Waals surface area contributed by atoms with Gasteiger partial charge in [-0.05, 0) is 28.8 Å². The number of carbonyl (C=O) groups is 1. The zero-order chi connectivity index (χ0) is 14.4. The highest BCUT2D eigenvalue weighted by atomic mass is 35.5. The third-order valence-electron chi connectivity index (χ3n) is 2.86. The number of hydrogen-bond acceptors (Lipinski definition) is 2. The molecule has 4 heteroatoms. The summed E-state index contributed by atoms with van der Waals surface area (Å²) in [6, 6.07) is 17.4. The summed E-state index contributed by atoms with van der Waals surface area (Å²) in [5.74, 6) is -0.255. The van der Waals surface area contributed by atoms with Crippen LogP contribution in [0.3, 0.4) is 0 Å². The van der Waals surface area contributed by atoms with Crippen LogP contribution in [0, 0.1) is 11.3 Å². The summed E-state index contributed by atoms with van der Waals surface area (Å²) in [6.07, 6.45) is -0.108. The Balaban J connectivity index is 2.01. The molecule has 0 aliphatic rings. The van der Waals surface area contributed by atoms with E-state index in [-0.39, 0.29) is 12.3 Å². The molecule has 0 aliphatic heterocycles. The molecule has 0 atom stereocenters. The van der Waals surface area contributed by atoms with E-state index in [1.807, 2.05) is 54.6 Å². The van der Waals surface area contributed by atoms with E-state index in [1.165, 1.54) is 0 Å². The summed E-state index contributed by atoms with van der Waals surface area (Å²) in [6.45, 7) is 0.432. The number of carbonyl (C=O) groups excluding carboxylic acids is 1. The Morgan fingerprint density at radius 3 is 2.15 bits per heavy atom. The summed E-state index contributed by atoms with van der Waals surface area (Å²) < 4.78 is 0. The van der Waals surface area contributed by atoms with Gasteiger partial charge in [0, 0.05) is 11.6 Å². The normalized spacial score (nSPS) is 9.80. The van der Waals surface area contributed by atoms with Crippen molar-refractivity contribution in [3.63, 3.8) is 0 Å². The molecule has 1 N–H and O–H groups in total. The van der Waals surface area contributed by atoms with Crippen molar-refractivity contribution in [1.82, 2.24) is 5.32 Å². The van der Waals surface area contributed by atoms with Crippen LogP contribution in [0.4, 0.5) is 0 Å². The summed E-state index contributed by atoms with van der Waals surface area (Å²) in [5.41, 5.74) is 3.18. The first-order valence-electron chi connectivity index (χ1n) is 6.17. The average Bonchev–Trinajstić information content (AvgIpc) is 2.47. The van der Waals surface area contributed by atoms with Crippen LogP contribution in [-0.2, 0) is 11.3 Å². The molecule has 1 amide bonds. The molecule has 0 heterocycles. The molecule has 0 spiro atoms. The lowest BCUT2D eigenvalue weighted by Crippen LogP contribution is -2.21. The predicted molar refractivity (Wildman–Crippen MR) is 79.0 cm³/mol.